The highest BCUT2D eigenvalue weighted by molar-refractivity contribution is 7.99. The van der Waals surface area contributed by atoms with E-state index in [1.54, 1.807) is 37.1 Å². The maximum Gasteiger partial charge on any atom is 0.329 e. The molecule has 7 nitrogen and oxygen atoms in total. The van der Waals surface area contributed by atoms with Gasteiger partial charge in [0.05, 0.1) is 5.69 Å². The molecular weight excluding hydrogens is 348 g/mol. The van der Waals surface area contributed by atoms with E-state index in [9.17, 15) is 14.7 Å². The number of hydrogen-bond donors (Lipinski definition) is 2. The third kappa shape index (κ3) is 3.27. The standard InChI is InChI=1S/C15H16N4O3S2/c1-9-10(24-13(18-9)11-16-5-2-6-17-11)12(20)19-15(14(21)22)3-7-23-8-4-15/h2,5-6H,3-4,7-8H2,1H3,(H,19,20)(H,21,22). The van der Waals surface area contributed by atoms with Gasteiger partial charge in [0.25, 0.3) is 5.91 Å². The second kappa shape index (κ2) is 6.86. The fourth-order valence-electron chi connectivity index (χ4n) is 2.50. The number of thiazole rings is 1. The second-order valence-electron chi connectivity index (χ2n) is 5.46. The Kier molecular flexibility index (Phi) is 4.81. The van der Waals surface area contributed by atoms with Crippen molar-refractivity contribution in [3.8, 4) is 10.8 Å². The number of carboxylic acids is 1. The van der Waals surface area contributed by atoms with Crippen LogP contribution in [0.25, 0.3) is 10.8 Å². The van der Waals surface area contributed by atoms with Crippen molar-refractivity contribution in [2.75, 3.05) is 11.5 Å². The van der Waals surface area contributed by atoms with Crippen LogP contribution in [0.4, 0.5) is 0 Å². The van der Waals surface area contributed by atoms with E-state index in [-0.39, 0.29) is 0 Å². The summed E-state index contributed by atoms with van der Waals surface area (Å²) in [4.78, 5) is 37.3. The van der Waals surface area contributed by atoms with Gasteiger partial charge in [-0.1, -0.05) is 0 Å². The van der Waals surface area contributed by atoms with E-state index in [0.717, 1.165) is 11.5 Å². The molecule has 3 rings (SSSR count). The van der Waals surface area contributed by atoms with Gasteiger partial charge in [0, 0.05) is 12.4 Å². The number of carboxylic acid groups (broad SMARTS) is 1. The molecule has 0 aromatic carbocycles. The Balaban J connectivity index is 1.85. The van der Waals surface area contributed by atoms with Crippen LogP contribution in [0.5, 0.6) is 0 Å². The molecule has 0 bridgehead atoms. The lowest BCUT2D eigenvalue weighted by atomic mass is 9.92. The Morgan fingerprint density at radius 3 is 2.54 bits per heavy atom. The van der Waals surface area contributed by atoms with Crippen molar-refractivity contribution >= 4 is 35.0 Å². The van der Waals surface area contributed by atoms with Crippen molar-refractivity contribution in [1.29, 1.82) is 0 Å². The predicted molar refractivity (Wildman–Crippen MR) is 92.3 cm³/mol. The van der Waals surface area contributed by atoms with E-state index in [4.69, 9.17) is 0 Å². The number of nitrogens with zero attached hydrogens (tertiary/aromatic N) is 3. The Morgan fingerprint density at radius 1 is 1.25 bits per heavy atom. The fourth-order valence-corrected chi connectivity index (χ4v) is 4.60. The molecule has 1 fully saturated rings. The number of aromatic nitrogens is 3. The first-order valence-electron chi connectivity index (χ1n) is 7.40. The minimum absolute atomic E-state index is 0.399. The molecular formula is C15H16N4O3S2. The molecule has 9 heteroatoms. The van der Waals surface area contributed by atoms with Gasteiger partial charge in [-0.25, -0.2) is 19.7 Å². The molecule has 3 heterocycles. The van der Waals surface area contributed by atoms with Crippen LogP contribution in [0.1, 0.15) is 28.2 Å². The van der Waals surface area contributed by atoms with Crippen LogP contribution in [-0.4, -0.2) is 49.0 Å². The summed E-state index contributed by atoms with van der Waals surface area (Å²) in [7, 11) is 0. The first-order valence-corrected chi connectivity index (χ1v) is 9.37. The van der Waals surface area contributed by atoms with Gasteiger partial charge in [0.15, 0.2) is 10.8 Å². The summed E-state index contributed by atoms with van der Waals surface area (Å²) in [5.74, 6) is 0.507. The molecule has 1 saturated heterocycles. The van der Waals surface area contributed by atoms with E-state index in [1.807, 2.05) is 0 Å². The third-order valence-corrected chi connectivity index (χ3v) is 6.01. The molecule has 0 aliphatic carbocycles. The lowest BCUT2D eigenvalue weighted by Crippen LogP contribution is -2.56. The van der Waals surface area contributed by atoms with Gasteiger partial charge in [-0.05, 0) is 37.3 Å². The molecule has 2 aromatic heterocycles. The van der Waals surface area contributed by atoms with Crippen molar-refractivity contribution in [2.45, 2.75) is 25.3 Å². The Morgan fingerprint density at radius 2 is 1.92 bits per heavy atom. The number of amides is 1. The molecule has 1 aliphatic rings. The number of aliphatic carboxylic acids is 1. The van der Waals surface area contributed by atoms with Crippen LogP contribution in [0, 0.1) is 6.92 Å². The molecule has 2 N–H and O–H groups in total. The maximum absolute atomic E-state index is 12.6. The smallest absolute Gasteiger partial charge is 0.329 e. The Bertz CT molecular complexity index is 757. The van der Waals surface area contributed by atoms with Crippen LogP contribution in [0.3, 0.4) is 0 Å². The highest BCUT2D eigenvalue weighted by Crippen LogP contribution is 2.30. The largest absolute Gasteiger partial charge is 0.480 e. The van der Waals surface area contributed by atoms with Crippen LogP contribution >= 0.6 is 23.1 Å². The molecule has 126 valence electrons. The molecule has 0 radical (unpaired) electrons. The highest BCUT2D eigenvalue weighted by atomic mass is 32.2. The third-order valence-electron chi connectivity index (χ3n) is 3.87. The van der Waals surface area contributed by atoms with Gasteiger partial charge in [0.2, 0.25) is 0 Å². The average Bonchev–Trinajstić information content (AvgIpc) is 2.98. The minimum atomic E-state index is -1.19. The van der Waals surface area contributed by atoms with Crippen molar-refractivity contribution in [3.63, 3.8) is 0 Å². The molecule has 1 amide bonds. The summed E-state index contributed by atoms with van der Waals surface area (Å²) >= 11 is 2.87. The predicted octanol–water partition coefficient (Wildman–Crippen LogP) is 1.99. The first kappa shape index (κ1) is 16.8. The lowest BCUT2D eigenvalue weighted by Gasteiger charge is -2.33. The summed E-state index contributed by atoms with van der Waals surface area (Å²) in [6, 6.07) is 1.70. The zero-order valence-electron chi connectivity index (χ0n) is 13.0. The van der Waals surface area contributed by atoms with Crippen LogP contribution in [0.15, 0.2) is 18.5 Å². The second-order valence-corrected chi connectivity index (χ2v) is 7.68. The van der Waals surface area contributed by atoms with Crippen molar-refractivity contribution in [2.24, 2.45) is 0 Å². The highest BCUT2D eigenvalue weighted by Gasteiger charge is 2.42. The normalized spacial score (nSPS) is 16.5. The van der Waals surface area contributed by atoms with Gasteiger partial charge in [-0.2, -0.15) is 11.8 Å². The van der Waals surface area contributed by atoms with Gasteiger partial charge in [-0.3, -0.25) is 4.79 Å². The van der Waals surface area contributed by atoms with Crippen molar-refractivity contribution < 1.29 is 14.7 Å². The molecule has 0 saturated carbocycles. The first-order chi connectivity index (χ1) is 11.5. The number of hydrogen-bond acceptors (Lipinski definition) is 7. The molecule has 0 unspecified atom stereocenters. The van der Waals surface area contributed by atoms with Gasteiger partial charge in [-0.15, -0.1) is 11.3 Å². The van der Waals surface area contributed by atoms with Crippen molar-refractivity contribution in [3.05, 3.63) is 29.0 Å². The van der Waals surface area contributed by atoms with Crippen molar-refractivity contribution in [1.82, 2.24) is 20.3 Å². The summed E-state index contributed by atoms with van der Waals surface area (Å²) in [5.41, 5.74) is -0.645. The minimum Gasteiger partial charge on any atom is -0.480 e. The van der Waals surface area contributed by atoms with Gasteiger partial charge >= 0.3 is 5.97 Å². The molecule has 0 atom stereocenters. The summed E-state index contributed by atoms with van der Waals surface area (Å²) < 4.78 is 0. The monoisotopic (exact) mass is 364 g/mol. The van der Waals surface area contributed by atoms with E-state index < -0.39 is 17.4 Å². The average molecular weight is 364 g/mol. The number of nitrogens with one attached hydrogen (secondary N) is 1. The zero-order valence-corrected chi connectivity index (χ0v) is 14.6. The quantitative estimate of drug-likeness (QED) is 0.854. The van der Waals surface area contributed by atoms with Crippen LogP contribution in [-0.2, 0) is 4.79 Å². The number of thioether (sulfide) groups is 1. The van der Waals surface area contributed by atoms with E-state index in [0.29, 0.717) is 34.2 Å². The SMILES string of the molecule is Cc1nc(-c2ncccn2)sc1C(=O)NC1(C(=O)O)CCSCC1. The topological polar surface area (TPSA) is 105 Å². The van der Waals surface area contributed by atoms with Gasteiger partial charge in [0.1, 0.15) is 10.4 Å². The molecule has 2 aromatic rings. The molecule has 1 aliphatic heterocycles. The Labute approximate surface area is 146 Å². The van der Waals surface area contributed by atoms with Crippen LogP contribution < -0.4 is 5.32 Å². The lowest BCUT2D eigenvalue weighted by molar-refractivity contribution is -0.144. The maximum atomic E-state index is 12.6. The summed E-state index contributed by atoms with van der Waals surface area (Å²) in [6.07, 6.45) is 4.06. The fraction of sp³-hybridized carbons (Fsp3) is 0.400. The number of carbonyl (C=O) groups excluding carboxylic acids is 1. The Hall–Kier alpha value is -2.00. The van der Waals surface area contributed by atoms with E-state index in [2.05, 4.69) is 20.3 Å². The van der Waals surface area contributed by atoms with Gasteiger partial charge < -0.3 is 10.4 Å². The molecule has 24 heavy (non-hydrogen) atoms. The number of rotatable bonds is 4. The van der Waals surface area contributed by atoms with E-state index in [1.165, 1.54) is 11.3 Å². The van der Waals surface area contributed by atoms with E-state index >= 15 is 0 Å². The zero-order chi connectivity index (χ0) is 17.2. The summed E-state index contributed by atoms with van der Waals surface area (Å²) in [6.45, 7) is 1.72. The molecule has 0 spiro atoms. The number of aryl methyl sites for hydroxylation is 1. The summed E-state index contributed by atoms with van der Waals surface area (Å²) in [5, 5.41) is 12.9. The van der Waals surface area contributed by atoms with Crippen LogP contribution in [0.2, 0.25) is 0 Å². The number of carbonyl (C=O) groups is 2.